The summed E-state index contributed by atoms with van der Waals surface area (Å²) in [7, 11) is -3.11. The maximum absolute atomic E-state index is 13.1. The highest BCUT2D eigenvalue weighted by Crippen LogP contribution is 2.16. The van der Waals surface area contributed by atoms with Crippen molar-refractivity contribution >= 4 is 26.0 Å². The van der Waals surface area contributed by atoms with E-state index in [1.54, 1.807) is 12.1 Å². The summed E-state index contributed by atoms with van der Waals surface area (Å²) in [5, 5.41) is 3.21. The molecule has 0 amide bonds. The van der Waals surface area contributed by atoms with Gasteiger partial charge < -0.3 is 5.32 Å². The van der Waals surface area contributed by atoms with E-state index in [0.717, 1.165) is 12.0 Å². The second-order valence-corrected chi connectivity index (χ2v) is 7.37. The Labute approximate surface area is 128 Å². The third-order valence-corrected chi connectivity index (χ3v) is 4.88. The van der Waals surface area contributed by atoms with Crippen LogP contribution in [-0.2, 0) is 16.6 Å². The molecule has 0 atom stereocenters. The van der Waals surface area contributed by atoms with Crippen LogP contribution in [0.2, 0.25) is 0 Å². The Bertz CT molecular complexity index is 537. The largest absolute Gasteiger partial charge is 0.313 e. The highest BCUT2D eigenvalue weighted by Gasteiger charge is 2.12. The molecule has 1 N–H and O–H groups in total. The van der Waals surface area contributed by atoms with Gasteiger partial charge in [-0.1, -0.05) is 13.0 Å². The number of benzene rings is 1. The number of hydrogen-bond donors (Lipinski definition) is 1. The van der Waals surface area contributed by atoms with Crippen LogP contribution in [0.3, 0.4) is 0 Å². The molecule has 0 spiro atoms. The molecule has 1 aromatic carbocycles. The van der Waals surface area contributed by atoms with Crippen molar-refractivity contribution < 1.29 is 12.8 Å². The van der Waals surface area contributed by atoms with Gasteiger partial charge in [-0.15, -0.1) is 0 Å². The highest BCUT2D eigenvalue weighted by atomic mass is 79.9. The number of hydrogen-bond acceptors (Lipinski definition) is 3. The Morgan fingerprint density at radius 2 is 2.10 bits per heavy atom. The van der Waals surface area contributed by atoms with E-state index in [0.29, 0.717) is 30.7 Å². The molecule has 0 heterocycles. The van der Waals surface area contributed by atoms with Gasteiger partial charge in [0.25, 0.3) is 0 Å². The molecule has 0 aliphatic carbocycles. The van der Waals surface area contributed by atoms with Crippen LogP contribution in [0.15, 0.2) is 22.7 Å². The quantitative estimate of drug-likeness (QED) is 0.718. The predicted octanol–water partition coefficient (Wildman–Crippen LogP) is 2.35. The lowest BCUT2D eigenvalue weighted by Crippen LogP contribution is -2.32. The van der Waals surface area contributed by atoms with Gasteiger partial charge in [-0.25, -0.2) is 17.1 Å². The summed E-state index contributed by atoms with van der Waals surface area (Å²) in [6, 6.07) is 4.88. The summed E-state index contributed by atoms with van der Waals surface area (Å²) in [6.45, 7) is 4.16. The van der Waals surface area contributed by atoms with Gasteiger partial charge in [0.05, 0.1) is 10.7 Å². The monoisotopic (exact) mass is 366 g/mol. The van der Waals surface area contributed by atoms with E-state index >= 15 is 0 Å². The molecule has 1 rings (SSSR count). The predicted molar refractivity (Wildman–Crippen MR) is 82.5 cm³/mol. The summed E-state index contributed by atoms with van der Waals surface area (Å²) in [4.78, 5) is 0. The van der Waals surface area contributed by atoms with Crippen LogP contribution >= 0.6 is 15.9 Å². The summed E-state index contributed by atoms with van der Waals surface area (Å²) in [6.07, 6.45) is 1.96. The molecule has 0 fully saturated rings. The highest BCUT2D eigenvalue weighted by molar-refractivity contribution is 9.10. The van der Waals surface area contributed by atoms with E-state index in [1.165, 1.54) is 16.6 Å². The van der Waals surface area contributed by atoms with E-state index in [4.69, 9.17) is 0 Å². The average Bonchev–Trinajstić information content (AvgIpc) is 2.36. The van der Waals surface area contributed by atoms with Gasteiger partial charge in [0.15, 0.2) is 0 Å². The number of rotatable bonds is 8. The summed E-state index contributed by atoms with van der Waals surface area (Å²) in [5.41, 5.74) is 0.980. The smallest absolute Gasteiger partial charge is 0.211 e. The molecule has 0 saturated carbocycles. The Hall–Kier alpha value is -0.500. The summed E-state index contributed by atoms with van der Waals surface area (Å²) >= 11 is 3.14. The molecule has 0 bridgehead atoms. The fourth-order valence-corrected chi connectivity index (χ4v) is 3.18. The first-order chi connectivity index (χ1) is 9.34. The fourth-order valence-electron chi connectivity index (χ4n) is 1.82. The third kappa shape index (κ3) is 5.87. The molecule has 0 aliphatic heterocycles. The molecule has 1 aromatic rings. The van der Waals surface area contributed by atoms with Crippen molar-refractivity contribution in [2.75, 3.05) is 25.9 Å². The van der Waals surface area contributed by atoms with Crippen molar-refractivity contribution in [3.05, 3.63) is 34.1 Å². The minimum absolute atomic E-state index is 0.277. The zero-order valence-corrected chi connectivity index (χ0v) is 14.1. The van der Waals surface area contributed by atoms with E-state index in [2.05, 4.69) is 21.2 Å². The van der Waals surface area contributed by atoms with Crippen LogP contribution in [0.25, 0.3) is 0 Å². The molecule has 4 nitrogen and oxygen atoms in total. The molecule has 0 aromatic heterocycles. The van der Waals surface area contributed by atoms with Gasteiger partial charge >= 0.3 is 0 Å². The second kappa shape index (κ2) is 8.07. The number of nitrogens with one attached hydrogen (secondary N) is 1. The lowest BCUT2D eigenvalue weighted by atomic mass is 10.2. The Morgan fingerprint density at radius 1 is 1.40 bits per heavy atom. The number of nitrogens with zero attached hydrogens (tertiary/aromatic N) is 1. The van der Waals surface area contributed by atoms with Gasteiger partial charge in [-0.3, -0.25) is 0 Å². The van der Waals surface area contributed by atoms with Crippen LogP contribution in [0.5, 0.6) is 0 Å². The molecule has 114 valence electrons. The van der Waals surface area contributed by atoms with Crippen molar-refractivity contribution in [2.24, 2.45) is 0 Å². The van der Waals surface area contributed by atoms with Crippen LogP contribution in [0.1, 0.15) is 18.9 Å². The van der Waals surface area contributed by atoms with Crippen molar-refractivity contribution in [3.63, 3.8) is 0 Å². The van der Waals surface area contributed by atoms with Crippen LogP contribution in [-0.4, -0.2) is 38.6 Å². The fraction of sp³-hybridized carbons (Fsp3) is 0.538. The normalized spacial score (nSPS) is 12.1. The van der Waals surface area contributed by atoms with E-state index in [-0.39, 0.29) is 5.82 Å². The Balaban J connectivity index is 2.30. The van der Waals surface area contributed by atoms with Gasteiger partial charge in [0.2, 0.25) is 10.0 Å². The standard InChI is InChI=1S/C13H20BrFN2O2S/c1-3-17(20(2,18)19)8-4-7-16-10-11-5-6-13(15)12(14)9-11/h5-6,9,16H,3-4,7-8,10H2,1-2H3. The first-order valence-corrected chi connectivity index (χ1v) is 9.08. The first-order valence-electron chi connectivity index (χ1n) is 6.44. The summed E-state index contributed by atoms with van der Waals surface area (Å²) in [5.74, 6) is -0.277. The zero-order chi connectivity index (χ0) is 15.2. The first kappa shape index (κ1) is 17.6. The topological polar surface area (TPSA) is 49.4 Å². The lowest BCUT2D eigenvalue weighted by Gasteiger charge is -2.17. The molecular weight excluding hydrogens is 347 g/mol. The van der Waals surface area contributed by atoms with Crippen molar-refractivity contribution in [1.82, 2.24) is 9.62 Å². The Kier molecular flexibility index (Phi) is 7.08. The van der Waals surface area contributed by atoms with Gasteiger partial charge in [-0.2, -0.15) is 0 Å². The van der Waals surface area contributed by atoms with E-state index in [9.17, 15) is 12.8 Å². The maximum Gasteiger partial charge on any atom is 0.211 e. The molecule has 0 radical (unpaired) electrons. The van der Waals surface area contributed by atoms with E-state index in [1.807, 2.05) is 6.92 Å². The number of sulfonamides is 1. The average molecular weight is 367 g/mol. The molecule has 0 unspecified atom stereocenters. The second-order valence-electron chi connectivity index (χ2n) is 4.53. The molecule has 0 saturated heterocycles. The van der Waals surface area contributed by atoms with Crippen LogP contribution in [0, 0.1) is 5.82 Å². The van der Waals surface area contributed by atoms with Crippen molar-refractivity contribution in [1.29, 1.82) is 0 Å². The zero-order valence-electron chi connectivity index (χ0n) is 11.7. The SMILES string of the molecule is CCN(CCCNCc1ccc(F)c(Br)c1)S(C)(=O)=O. The maximum atomic E-state index is 13.1. The van der Waals surface area contributed by atoms with Crippen molar-refractivity contribution in [2.45, 2.75) is 19.9 Å². The van der Waals surface area contributed by atoms with Gasteiger partial charge in [-0.05, 0) is 46.6 Å². The minimum Gasteiger partial charge on any atom is -0.313 e. The molecule has 7 heteroatoms. The minimum atomic E-state index is -3.11. The third-order valence-electron chi connectivity index (χ3n) is 2.90. The molecule has 20 heavy (non-hydrogen) atoms. The summed E-state index contributed by atoms with van der Waals surface area (Å²) < 4.78 is 37.7. The number of halogens is 2. The van der Waals surface area contributed by atoms with Gasteiger partial charge in [0.1, 0.15) is 5.82 Å². The van der Waals surface area contributed by atoms with Crippen LogP contribution < -0.4 is 5.32 Å². The molecule has 0 aliphatic rings. The van der Waals surface area contributed by atoms with E-state index < -0.39 is 10.0 Å². The van der Waals surface area contributed by atoms with Crippen LogP contribution in [0.4, 0.5) is 4.39 Å². The van der Waals surface area contributed by atoms with Crippen molar-refractivity contribution in [3.8, 4) is 0 Å². The van der Waals surface area contributed by atoms with Gasteiger partial charge in [0, 0.05) is 19.6 Å². The Morgan fingerprint density at radius 3 is 2.65 bits per heavy atom. The molecular formula is C13H20BrFN2O2S. The lowest BCUT2D eigenvalue weighted by molar-refractivity contribution is 0.419.